The highest BCUT2D eigenvalue weighted by Gasteiger charge is 2.40. The number of halogens is 1. The van der Waals surface area contributed by atoms with Crippen LogP contribution in [0.15, 0.2) is 24.3 Å². The minimum Gasteiger partial charge on any atom is -0.493 e. The number of likely N-dealkylation sites (tertiary alicyclic amines) is 1. The van der Waals surface area contributed by atoms with Crippen LogP contribution in [0.3, 0.4) is 0 Å². The van der Waals surface area contributed by atoms with Crippen molar-refractivity contribution in [3.8, 4) is 5.75 Å². The third-order valence-electron chi connectivity index (χ3n) is 4.69. The first kappa shape index (κ1) is 17.7. The largest absolute Gasteiger partial charge is 0.493 e. The molecule has 2 atom stereocenters. The molecule has 1 aliphatic carbocycles. The van der Waals surface area contributed by atoms with E-state index in [-0.39, 0.29) is 17.6 Å². The van der Waals surface area contributed by atoms with Crippen LogP contribution in [0.1, 0.15) is 46.5 Å². The van der Waals surface area contributed by atoms with Gasteiger partial charge in [0.15, 0.2) is 0 Å². The van der Waals surface area contributed by atoms with Crippen LogP contribution < -0.4 is 4.74 Å². The van der Waals surface area contributed by atoms with Gasteiger partial charge < -0.3 is 9.47 Å². The lowest BCUT2D eigenvalue weighted by Crippen LogP contribution is -2.48. The minimum atomic E-state index is -0.245. The van der Waals surface area contributed by atoms with Crippen molar-refractivity contribution < 1.29 is 13.9 Å². The van der Waals surface area contributed by atoms with Gasteiger partial charge >= 0.3 is 0 Å². The maximum absolute atomic E-state index is 13.2. The Hall–Kier alpha value is -1.13. The summed E-state index contributed by atoms with van der Waals surface area (Å²) in [7, 11) is 0. The molecule has 2 fully saturated rings. The van der Waals surface area contributed by atoms with Crippen LogP contribution in [0.25, 0.3) is 0 Å². The molecule has 0 radical (unpaired) electrons. The Morgan fingerprint density at radius 3 is 2.71 bits per heavy atom. The smallest absolute Gasteiger partial charge is 0.126 e. The van der Waals surface area contributed by atoms with E-state index in [2.05, 4.69) is 25.7 Å². The van der Waals surface area contributed by atoms with E-state index in [1.807, 2.05) is 6.07 Å². The van der Waals surface area contributed by atoms with E-state index in [9.17, 15) is 4.39 Å². The third-order valence-corrected chi connectivity index (χ3v) is 4.69. The standard InChI is InChI=1S/C20H30FNO2/c1-20(2,3)24-19(16-9-10-16)22-11-5-6-15(13-22)14-23-18-8-4-7-17(21)12-18/h4,7-8,12,15-16,19H,5-6,9-11,13-14H2,1-3H3. The fourth-order valence-electron chi connectivity index (χ4n) is 3.45. The first-order valence-electron chi connectivity index (χ1n) is 9.21. The number of benzene rings is 1. The highest BCUT2D eigenvalue weighted by molar-refractivity contribution is 5.22. The normalized spacial score (nSPS) is 23.9. The first-order chi connectivity index (χ1) is 11.4. The van der Waals surface area contributed by atoms with Gasteiger partial charge in [-0.25, -0.2) is 4.39 Å². The molecule has 4 heteroatoms. The van der Waals surface area contributed by atoms with Crippen LogP contribution in [0, 0.1) is 17.7 Å². The lowest BCUT2D eigenvalue weighted by atomic mass is 9.98. The Morgan fingerprint density at radius 1 is 1.25 bits per heavy atom. The lowest BCUT2D eigenvalue weighted by molar-refractivity contribution is -0.152. The van der Waals surface area contributed by atoms with Gasteiger partial charge in [-0.05, 0) is 64.5 Å². The number of piperidine rings is 1. The highest BCUT2D eigenvalue weighted by Crippen LogP contribution is 2.39. The van der Waals surface area contributed by atoms with Crippen molar-refractivity contribution in [3.05, 3.63) is 30.1 Å². The molecular weight excluding hydrogens is 305 g/mol. The second-order valence-corrected chi connectivity index (χ2v) is 8.23. The van der Waals surface area contributed by atoms with Crippen LogP contribution in [-0.2, 0) is 4.74 Å². The average Bonchev–Trinajstić information content (AvgIpc) is 3.35. The number of ether oxygens (including phenoxy) is 2. The van der Waals surface area contributed by atoms with Crippen LogP contribution in [-0.4, -0.2) is 36.4 Å². The molecule has 0 amide bonds. The van der Waals surface area contributed by atoms with Crippen molar-refractivity contribution in [2.75, 3.05) is 19.7 Å². The summed E-state index contributed by atoms with van der Waals surface area (Å²) < 4.78 is 25.4. The molecule has 1 saturated heterocycles. The molecule has 0 bridgehead atoms. The summed E-state index contributed by atoms with van der Waals surface area (Å²) in [5.74, 6) is 1.54. The van der Waals surface area contributed by atoms with Crippen LogP contribution in [0.5, 0.6) is 5.75 Å². The molecule has 1 aliphatic heterocycles. The monoisotopic (exact) mass is 335 g/mol. The first-order valence-corrected chi connectivity index (χ1v) is 9.21. The summed E-state index contributed by atoms with van der Waals surface area (Å²) in [6.45, 7) is 9.16. The van der Waals surface area contributed by atoms with Crippen molar-refractivity contribution in [2.45, 2.75) is 58.3 Å². The number of rotatable bonds is 6. The van der Waals surface area contributed by atoms with Gasteiger partial charge in [-0.1, -0.05) is 6.07 Å². The SMILES string of the molecule is CC(C)(C)OC(C1CC1)N1CCCC(COc2cccc(F)c2)C1. The lowest BCUT2D eigenvalue weighted by Gasteiger charge is -2.41. The molecule has 2 unspecified atom stereocenters. The Balaban J connectivity index is 1.55. The Labute approximate surface area is 145 Å². The highest BCUT2D eigenvalue weighted by atomic mass is 19.1. The molecule has 24 heavy (non-hydrogen) atoms. The molecule has 3 nitrogen and oxygen atoms in total. The molecule has 2 aliphatic rings. The summed E-state index contributed by atoms with van der Waals surface area (Å²) in [4.78, 5) is 2.51. The van der Waals surface area contributed by atoms with Gasteiger partial charge in [0.1, 0.15) is 17.8 Å². The van der Waals surface area contributed by atoms with Crippen molar-refractivity contribution in [2.24, 2.45) is 11.8 Å². The topological polar surface area (TPSA) is 21.7 Å². The van der Waals surface area contributed by atoms with E-state index in [0.717, 1.165) is 13.1 Å². The zero-order valence-corrected chi connectivity index (χ0v) is 15.1. The maximum atomic E-state index is 13.2. The average molecular weight is 335 g/mol. The number of hydrogen-bond donors (Lipinski definition) is 0. The molecule has 0 N–H and O–H groups in total. The number of nitrogens with zero attached hydrogens (tertiary/aromatic N) is 1. The molecule has 0 aromatic heterocycles. The van der Waals surface area contributed by atoms with E-state index in [1.54, 1.807) is 6.07 Å². The van der Waals surface area contributed by atoms with Crippen molar-refractivity contribution >= 4 is 0 Å². The Bertz CT molecular complexity index is 539. The second-order valence-electron chi connectivity index (χ2n) is 8.23. The fraction of sp³-hybridized carbons (Fsp3) is 0.700. The van der Waals surface area contributed by atoms with Crippen LogP contribution in [0.4, 0.5) is 4.39 Å². The molecule has 1 aromatic carbocycles. The molecule has 1 heterocycles. The molecule has 1 saturated carbocycles. The third kappa shape index (κ3) is 5.18. The summed E-state index contributed by atoms with van der Waals surface area (Å²) in [5, 5.41) is 0. The van der Waals surface area contributed by atoms with E-state index in [1.165, 1.54) is 37.8 Å². The Kier molecular flexibility index (Phi) is 5.46. The van der Waals surface area contributed by atoms with E-state index in [0.29, 0.717) is 24.2 Å². The van der Waals surface area contributed by atoms with Gasteiger partial charge in [0, 0.05) is 25.1 Å². The summed E-state index contributed by atoms with van der Waals surface area (Å²) in [6, 6.07) is 6.41. The number of hydrogen-bond acceptors (Lipinski definition) is 3. The Morgan fingerprint density at radius 2 is 2.04 bits per heavy atom. The molecule has 134 valence electrons. The van der Waals surface area contributed by atoms with Gasteiger partial charge in [0.2, 0.25) is 0 Å². The molecule has 1 aromatic rings. The van der Waals surface area contributed by atoms with Crippen LogP contribution in [0.2, 0.25) is 0 Å². The predicted molar refractivity (Wildman–Crippen MR) is 93.5 cm³/mol. The maximum Gasteiger partial charge on any atom is 0.126 e. The van der Waals surface area contributed by atoms with Gasteiger partial charge in [-0.15, -0.1) is 0 Å². The summed E-state index contributed by atoms with van der Waals surface area (Å²) in [6.07, 6.45) is 5.14. The van der Waals surface area contributed by atoms with Crippen molar-refractivity contribution in [1.82, 2.24) is 4.90 Å². The zero-order valence-electron chi connectivity index (χ0n) is 15.1. The summed E-state index contributed by atoms with van der Waals surface area (Å²) in [5.41, 5.74) is -0.113. The van der Waals surface area contributed by atoms with Gasteiger partial charge in [-0.3, -0.25) is 4.90 Å². The zero-order chi connectivity index (χ0) is 17.2. The quantitative estimate of drug-likeness (QED) is 0.766. The van der Waals surface area contributed by atoms with Crippen molar-refractivity contribution in [1.29, 1.82) is 0 Å². The molecular formula is C20H30FNO2. The van der Waals surface area contributed by atoms with Crippen molar-refractivity contribution in [3.63, 3.8) is 0 Å². The van der Waals surface area contributed by atoms with Gasteiger partial charge in [0.25, 0.3) is 0 Å². The fourth-order valence-corrected chi connectivity index (χ4v) is 3.45. The van der Waals surface area contributed by atoms with Gasteiger partial charge in [0.05, 0.1) is 12.2 Å². The van der Waals surface area contributed by atoms with Crippen LogP contribution >= 0.6 is 0 Å². The molecule has 3 rings (SSSR count). The van der Waals surface area contributed by atoms with E-state index < -0.39 is 0 Å². The van der Waals surface area contributed by atoms with Gasteiger partial charge in [-0.2, -0.15) is 0 Å². The summed E-state index contributed by atoms with van der Waals surface area (Å²) >= 11 is 0. The van der Waals surface area contributed by atoms with E-state index >= 15 is 0 Å². The minimum absolute atomic E-state index is 0.113. The predicted octanol–water partition coefficient (Wildman–Crippen LogP) is 4.47. The second kappa shape index (κ2) is 7.40. The molecule has 0 spiro atoms. The van der Waals surface area contributed by atoms with E-state index in [4.69, 9.17) is 9.47 Å².